The van der Waals surface area contributed by atoms with E-state index in [-0.39, 0.29) is 11.8 Å². The molecule has 0 unspecified atom stereocenters. The number of hydrogen-bond donors (Lipinski definition) is 2. The summed E-state index contributed by atoms with van der Waals surface area (Å²) in [6, 6.07) is 19.3. The highest BCUT2D eigenvalue weighted by molar-refractivity contribution is 7.12. The molecule has 32 heavy (non-hydrogen) atoms. The first kappa shape index (κ1) is 22.0. The van der Waals surface area contributed by atoms with E-state index in [0.717, 1.165) is 37.3 Å². The topological polar surface area (TPSA) is 64.7 Å². The van der Waals surface area contributed by atoms with Crippen LogP contribution in [0.5, 0.6) is 0 Å². The first-order valence-corrected chi connectivity index (χ1v) is 11.7. The predicted octanol–water partition coefficient (Wildman–Crippen LogP) is 3.36. The van der Waals surface area contributed by atoms with Crippen LogP contribution in [0.15, 0.2) is 66.0 Å². The maximum Gasteiger partial charge on any atom is 0.261 e. The van der Waals surface area contributed by atoms with Crippen LogP contribution in [0.2, 0.25) is 0 Å². The molecule has 0 bridgehead atoms. The van der Waals surface area contributed by atoms with Gasteiger partial charge in [0.05, 0.1) is 4.88 Å². The van der Waals surface area contributed by atoms with Crippen molar-refractivity contribution < 1.29 is 9.59 Å². The van der Waals surface area contributed by atoms with Gasteiger partial charge in [0.25, 0.3) is 11.8 Å². The molecule has 0 saturated carbocycles. The fraction of sp³-hybridized carbons (Fsp3) is 0.280. The Morgan fingerprint density at radius 2 is 1.56 bits per heavy atom. The normalized spacial score (nSPS) is 14.2. The summed E-state index contributed by atoms with van der Waals surface area (Å²) in [5.74, 6) is -0.187. The Labute approximate surface area is 192 Å². The molecule has 4 rings (SSSR count). The van der Waals surface area contributed by atoms with E-state index in [0.29, 0.717) is 23.5 Å². The molecule has 6 nitrogen and oxygen atoms in total. The van der Waals surface area contributed by atoms with Gasteiger partial charge >= 0.3 is 0 Å². The third-order valence-corrected chi connectivity index (χ3v) is 6.56. The maximum absolute atomic E-state index is 12.7. The number of benzene rings is 2. The molecule has 1 aromatic heterocycles. The van der Waals surface area contributed by atoms with Crippen molar-refractivity contribution in [3.05, 3.63) is 87.6 Å². The summed E-state index contributed by atoms with van der Waals surface area (Å²) < 4.78 is 0. The number of piperazine rings is 1. The number of para-hydroxylation sites is 1. The van der Waals surface area contributed by atoms with Gasteiger partial charge in [-0.25, -0.2) is 0 Å². The van der Waals surface area contributed by atoms with Crippen LogP contribution in [0, 0.1) is 0 Å². The fourth-order valence-electron chi connectivity index (χ4n) is 3.74. The molecule has 1 saturated heterocycles. The molecule has 0 radical (unpaired) electrons. The third-order valence-electron chi connectivity index (χ3n) is 5.69. The van der Waals surface area contributed by atoms with Crippen LogP contribution in [-0.2, 0) is 13.1 Å². The zero-order valence-electron chi connectivity index (χ0n) is 18.2. The third kappa shape index (κ3) is 5.55. The molecule has 3 aromatic rings. The lowest BCUT2D eigenvalue weighted by molar-refractivity contribution is 0.0943. The highest BCUT2D eigenvalue weighted by atomic mass is 32.1. The van der Waals surface area contributed by atoms with E-state index in [1.165, 1.54) is 17.0 Å². The van der Waals surface area contributed by atoms with Gasteiger partial charge in [-0.05, 0) is 47.8 Å². The van der Waals surface area contributed by atoms with E-state index < -0.39 is 0 Å². The number of amides is 2. The van der Waals surface area contributed by atoms with Crippen LogP contribution in [0.1, 0.15) is 31.2 Å². The van der Waals surface area contributed by atoms with E-state index in [2.05, 4.69) is 45.7 Å². The number of rotatable bonds is 7. The van der Waals surface area contributed by atoms with E-state index in [1.807, 2.05) is 29.6 Å². The van der Waals surface area contributed by atoms with Crippen LogP contribution < -0.4 is 15.5 Å². The minimum absolute atomic E-state index is 0.0826. The lowest BCUT2D eigenvalue weighted by Crippen LogP contribution is -2.45. The van der Waals surface area contributed by atoms with Crippen molar-refractivity contribution in [3.63, 3.8) is 0 Å². The Morgan fingerprint density at radius 3 is 2.28 bits per heavy atom. The van der Waals surface area contributed by atoms with Crippen LogP contribution in [0.3, 0.4) is 0 Å². The van der Waals surface area contributed by atoms with Gasteiger partial charge in [0.15, 0.2) is 0 Å². The van der Waals surface area contributed by atoms with Crippen molar-refractivity contribution in [1.29, 1.82) is 0 Å². The maximum atomic E-state index is 12.7. The smallest absolute Gasteiger partial charge is 0.261 e. The minimum atomic E-state index is -0.104. The Hall–Kier alpha value is -3.16. The van der Waals surface area contributed by atoms with Gasteiger partial charge in [-0.3, -0.25) is 9.59 Å². The summed E-state index contributed by atoms with van der Waals surface area (Å²) >= 11 is 1.42. The van der Waals surface area contributed by atoms with E-state index in [4.69, 9.17) is 0 Å². The Kier molecular flexibility index (Phi) is 7.19. The van der Waals surface area contributed by atoms with Gasteiger partial charge in [0, 0.05) is 50.5 Å². The summed E-state index contributed by atoms with van der Waals surface area (Å²) in [6.07, 6.45) is 0. The molecule has 0 aliphatic carbocycles. The molecule has 2 aromatic carbocycles. The number of nitrogens with zero attached hydrogens (tertiary/aromatic N) is 2. The zero-order chi connectivity index (χ0) is 22.3. The van der Waals surface area contributed by atoms with E-state index in [1.54, 1.807) is 18.2 Å². The first-order chi connectivity index (χ1) is 15.6. The lowest BCUT2D eigenvalue weighted by Gasteiger charge is -2.35. The highest BCUT2D eigenvalue weighted by Crippen LogP contribution is 2.21. The molecular formula is C25H28N4O2S. The second-order valence-corrected chi connectivity index (χ2v) is 8.91. The van der Waals surface area contributed by atoms with Gasteiger partial charge < -0.3 is 20.4 Å². The molecule has 2 amide bonds. The largest absolute Gasteiger partial charge is 0.369 e. The van der Waals surface area contributed by atoms with Crippen LogP contribution in [0.4, 0.5) is 5.69 Å². The number of carbonyl (C=O) groups excluding carboxylic acids is 2. The summed E-state index contributed by atoms with van der Waals surface area (Å²) in [7, 11) is 2.15. The summed E-state index contributed by atoms with van der Waals surface area (Å²) in [4.78, 5) is 30.2. The van der Waals surface area contributed by atoms with Crippen molar-refractivity contribution >= 4 is 28.8 Å². The Bertz CT molecular complexity index is 1040. The van der Waals surface area contributed by atoms with Crippen molar-refractivity contribution in [1.82, 2.24) is 15.5 Å². The standard InChI is InChI=1S/C25H28N4O2S/c1-28-12-14-29(15-13-28)22-6-3-2-5-21(22)18-27-24(30)20-10-8-19(9-11-20)17-26-25(31)23-7-4-16-32-23/h2-11,16H,12-15,17-18H2,1H3,(H,26,31)(H,27,30). The first-order valence-electron chi connectivity index (χ1n) is 10.8. The second kappa shape index (κ2) is 10.4. The average molecular weight is 449 g/mol. The molecule has 1 aliphatic heterocycles. The van der Waals surface area contributed by atoms with Gasteiger partial charge in [-0.2, -0.15) is 0 Å². The molecular weight excluding hydrogens is 420 g/mol. The molecule has 2 N–H and O–H groups in total. The summed E-state index contributed by atoms with van der Waals surface area (Å²) in [6.45, 7) is 4.98. The molecule has 1 fully saturated rings. The van der Waals surface area contributed by atoms with Crippen molar-refractivity contribution in [2.75, 3.05) is 38.1 Å². The number of likely N-dealkylation sites (N-methyl/N-ethyl adjacent to an activating group) is 1. The number of hydrogen-bond acceptors (Lipinski definition) is 5. The number of carbonyl (C=O) groups is 2. The summed E-state index contributed by atoms with van der Waals surface area (Å²) in [5.41, 5.74) is 3.87. The fourth-order valence-corrected chi connectivity index (χ4v) is 4.39. The van der Waals surface area contributed by atoms with Gasteiger partial charge in [0.2, 0.25) is 0 Å². The monoisotopic (exact) mass is 448 g/mol. The van der Waals surface area contributed by atoms with Crippen LogP contribution in [-0.4, -0.2) is 49.9 Å². The van der Waals surface area contributed by atoms with Crippen molar-refractivity contribution in [2.24, 2.45) is 0 Å². The zero-order valence-corrected chi connectivity index (χ0v) is 19.0. The number of anilines is 1. The average Bonchev–Trinajstić information content (AvgIpc) is 3.37. The van der Waals surface area contributed by atoms with Gasteiger partial charge in [-0.1, -0.05) is 36.4 Å². The van der Waals surface area contributed by atoms with Crippen molar-refractivity contribution in [2.45, 2.75) is 13.1 Å². The molecule has 7 heteroatoms. The van der Waals surface area contributed by atoms with Crippen molar-refractivity contribution in [3.8, 4) is 0 Å². The number of thiophene rings is 1. The van der Waals surface area contributed by atoms with Crippen LogP contribution >= 0.6 is 11.3 Å². The van der Waals surface area contributed by atoms with Crippen LogP contribution in [0.25, 0.3) is 0 Å². The second-order valence-electron chi connectivity index (χ2n) is 7.96. The lowest BCUT2D eigenvalue weighted by atomic mass is 10.1. The Morgan fingerprint density at radius 1 is 0.844 bits per heavy atom. The number of nitrogens with one attached hydrogen (secondary N) is 2. The molecule has 1 aliphatic rings. The highest BCUT2D eigenvalue weighted by Gasteiger charge is 2.17. The van der Waals surface area contributed by atoms with E-state index in [9.17, 15) is 9.59 Å². The van der Waals surface area contributed by atoms with Gasteiger partial charge in [0.1, 0.15) is 0 Å². The van der Waals surface area contributed by atoms with E-state index >= 15 is 0 Å². The molecule has 0 spiro atoms. The predicted molar refractivity (Wildman–Crippen MR) is 129 cm³/mol. The van der Waals surface area contributed by atoms with Gasteiger partial charge in [-0.15, -0.1) is 11.3 Å². The molecule has 166 valence electrons. The summed E-state index contributed by atoms with van der Waals surface area (Å²) in [5, 5.41) is 7.83. The minimum Gasteiger partial charge on any atom is -0.369 e. The quantitative estimate of drug-likeness (QED) is 0.582. The molecule has 2 heterocycles. The molecule has 0 atom stereocenters. The SMILES string of the molecule is CN1CCN(c2ccccc2CNC(=O)c2ccc(CNC(=O)c3cccs3)cc2)CC1. The Balaban J connectivity index is 1.31.